The quantitative estimate of drug-likeness (QED) is 0.491. The van der Waals surface area contributed by atoms with E-state index in [1.165, 1.54) is 15.5 Å². The molecule has 2 amide bonds. The van der Waals surface area contributed by atoms with Gasteiger partial charge in [0.2, 0.25) is 5.43 Å². The molecule has 2 aromatic carbocycles. The van der Waals surface area contributed by atoms with Gasteiger partial charge < -0.3 is 19.5 Å². The number of pyridine rings is 1. The van der Waals surface area contributed by atoms with E-state index in [1.807, 2.05) is 0 Å². The lowest BCUT2D eigenvalue weighted by Crippen LogP contribution is -2.45. The third-order valence-corrected chi connectivity index (χ3v) is 6.47. The molecule has 0 unspecified atom stereocenters. The van der Waals surface area contributed by atoms with Crippen molar-refractivity contribution < 1.29 is 31.9 Å². The minimum absolute atomic E-state index is 0.0117. The number of rotatable bonds is 6. The number of carbonyl (C=O) groups is 2. The summed E-state index contributed by atoms with van der Waals surface area (Å²) in [5.74, 6) is -6.12. The van der Waals surface area contributed by atoms with E-state index in [9.17, 15) is 31.9 Å². The van der Waals surface area contributed by atoms with Gasteiger partial charge in [0.05, 0.1) is 0 Å². The highest BCUT2D eigenvalue weighted by molar-refractivity contribution is 5.99. The lowest BCUT2D eigenvalue weighted by atomic mass is 10.1. The monoisotopic (exact) mass is 527 g/mol. The van der Waals surface area contributed by atoms with Crippen LogP contribution in [0.1, 0.15) is 44.4 Å². The van der Waals surface area contributed by atoms with Gasteiger partial charge in [0.15, 0.2) is 11.4 Å². The normalized spacial score (nSPS) is 16.4. The SMILES string of the molecule is O=C(NCc1c(F)cc(F)cc1F)c1cn2c(c(OCc3ccccc3)c1=O)C(=O)N1CCC=C(F)[C@@H]2C1. The zero-order valence-electron chi connectivity index (χ0n) is 19.8. The summed E-state index contributed by atoms with van der Waals surface area (Å²) < 4.78 is 63.3. The summed E-state index contributed by atoms with van der Waals surface area (Å²) in [6, 6.07) is 8.70. The fourth-order valence-corrected chi connectivity index (χ4v) is 4.53. The molecular formula is C27H21F4N3O4. The molecule has 11 heteroatoms. The van der Waals surface area contributed by atoms with Crippen LogP contribution in [-0.4, -0.2) is 34.4 Å². The first-order valence-electron chi connectivity index (χ1n) is 11.8. The molecule has 1 aromatic heterocycles. The number of aromatic nitrogens is 1. The van der Waals surface area contributed by atoms with E-state index in [4.69, 9.17) is 4.74 Å². The molecule has 1 atom stereocenters. The maximum atomic E-state index is 15.0. The third-order valence-electron chi connectivity index (χ3n) is 6.47. The fourth-order valence-electron chi connectivity index (χ4n) is 4.53. The van der Waals surface area contributed by atoms with Gasteiger partial charge >= 0.3 is 0 Å². The summed E-state index contributed by atoms with van der Waals surface area (Å²) in [7, 11) is 0. The first kappa shape index (κ1) is 25.2. The van der Waals surface area contributed by atoms with E-state index in [0.29, 0.717) is 17.7 Å². The Bertz CT molecular complexity index is 1500. The molecule has 5 rings (SSSR count). The predicted molar refractivity (Wildman–Crippen MR) is 128 cm³/mol. The topological polar surface area (TPSA) is 80.6 Å². The summed E-state index contributed by atoms with van der Waals surface area (Å²) in [5, 5.41) is 2.24. The number of hydrogen-bond donors (Lipinski definition) is 1. The van der Waals surface area contributed by atoms with Crippen molar-refractivity contribution >= 4 is 11.8 Å². The average Bonchev–Trinajstić information content (AvgIpc) is 3.06. The third kappa shape index (κ3) is 4.67. The molecule has 196 valence electrons. The molecular weight excluding hydrogens is 506 g/mol. The molecule has 1 N–H and O–H groups in total. The van der Waals surface area contributed by atoms with Crippen molar-refractivity contribution in [2.75, 3.05) is 13.1 Å². The molecule has 0 saturated heterocycles. The van der Waals surface area contributed by atoms with Crippen molar-refractivity contribution in [3.63, 3.8) is 0 Å². The van der Waals surface area contributed by atoms with E-state index in [0.717, 1.165) is 6.20 Å². The number of nitrogens with zero attached hydrogens (tertiary/aromatic N) is 2. The number of carbonyl (C=O) groups excluding carboxylic acids is 2. The Morgan fingerprint density at radius 1 is 1.05 bits per heavy atom. The largest absolute Gasteiger partial charge is 0.483 e. The van der Waals surface area contributed by atoms with Gasteiger partial charge in [-0.2, -0.15) is 0 Å². The number of amides is 2. The van der Waals surface area contributed by atoms with Crippen LogP contribution in [0.2, 0.25) is 0 Å². The minimum Gasteiger partial charge on any atom is -0.483 e. The van der Waals surface area contributed by atoms with E-state index < -0.39 is 70.0 Å². The van der Waals surface area contributed by atoms with Crippen molar-refractivity contribution in [1.82, 2.24) is 14.8 Å². The summed E-state index contributed by atoms with van der Waals surface area (Å²) in [4.78, 5) is 41.2. The highest BCUT2D eigenvalue weighted by Crippen LogP contribution is 2.34. The molecule has 2 aliphatic rings. The van der Waals surface area contributed by atoms with Crippen LogP contribution in [0.3, 0.4) is 0 Å². The fraction of sp³-hybridized carbons (Fsp3) is 0.222. The molecule has 2 aliphatic heterocycles. The highest BCUT2D eigenvalue weighted by atomic mass is 19.1. The molecule has 0 saturated carbocycles. The molecule has 7 nitrogen and oxygen atoms in total. The summed E-state index contributed by atoms with van der Waals surface area (Å²) in [6.45, 7) is -0.576. The van der Waals surface area contributed by atoms with E-state index in [1.54, 1.807) is 30.3 Å². The van der Waals surface area contributed by atoms with E-state index >= 15 is 0 Å². The van der Waals surface area contributed by atoms with Crippen LogP contribution in [0, 0.1) is 17.5 Å². The summed E-state index contributed by atoms with van der Waals surface area (Å²) in [6.07, 6.45) is 2.67. The van der Waals surface area contributed by atoms with E-state index in [2.05, 4.69) is 5.32 Å². The van der Waals surface area contributed by atoms with Gasteiger partial charge in [-0.05, 0) is 18.1 Å². The Hall–Kier alpha value is -4.41. The van der Waals surface area contributed by atoms with Crippen LogP contribution in [0.4, 0.5) is 17.6 Å². The van der Waals surface area contributed by atoms with Crippen LogP contribution in [0.25, 0.3) is 0 Å². The average molecular weight is 527 g/mol. The molecule has 0 aliphatic carbocycles. The maximum absolute atomic E-state index is 15.0. The number of hydrogen-bond acceptors (Lipinski definition) is 4. The second-order valence-corrected chi connectivity index (χ2v) is 8.91. The lowest BCUT2D eigenvalue weighted by molar-refractivity contribution is 0.0674. The van der Waals surface area contributed by atoms with Gasteiger partial charge in [-0.15, -0.1) is 0 Å². The number of ether oxygens (including phenoxy) is 1. The van der Waals surface area contributed by atoms with Gasteiger partial charge in [0, 0.05) is 43.5 Å². The Balaban J connectivity index is 1.56. The van der Waals surface area contributed by atoms with Crippen LogP contribution in [0.5, 0.6) is 5.75 Å². The number of benzene rings is 2. The Morgan fingerprint density at radius 2 is 1.76 bits per heavy atom. The van der Waals surface area contributed by atoms with Crippen molar-refractivity contribution in [3.8, 4) is 5.75 Å². The van der Waals surface area contributed by atoms with Gasteiger partial charge in [-0.25, -0.2) is 17.6 Å². The second-order valence-electron chi connectivity index (χ2n) is 8.91. The maximum Gasteiger partial charge on any atom is 0.274 e. The van der Waals surface area contributed by atoms with Crippen LogP contribution in [0.15, 0.2) is 65.4 Å². The van der Waals surface area contributed by atoms with Gasteiger partial charge in [-0.3, -0.25) is 14.4 Å². The zero-order valence-corrected chi connectivity index (χ0v) is 19.8. The molecule has 3 aromatic rings. The standard InChI is InChI=1S/C27H21F4N3O4/c28-16-9-20(30)17(21(31)10-16)11-32-26(36)18-12-34-22-13-33(8-4-7-19(22)29)27(37)23(34)25(24(18)35)38-14-15-5-2-1-3-6-15/h1-3,5-7,9-10,12,22H,4,8,11,13-14H2,(H,32,36)/t22-/m0/s1. The highest BCUT2D eigenvalue weighted by Gasteiger charge is 2.39. The van der Waals surface area contributed by atoms with Crippen molar-refractivity contribution in [1.29, 1.82) is 0 Å². The lowest BCUT2D eigenvalue weighted by Gasteiger charge is -2.34. The number of halogens is 4. The van der Waals surface area contributed by atoms with Crippen molar-refractivity contribution in [2.24, 2.45) is 0 Å². The Morgan fingerprint density at radius 3 is 2.47 bits per heavy atom. The zero-order chi connectivity index (χ0) is 27.0. The Kier molecular flexibility index (Phi) is 6.75. The van der Waals surface area contributed by atoms with Gasteiger partial charge in [-0.1, -0.05) is 30.3 Å². The summed E-state index contributed by atoms with van der Waals surface area (Å²) in [5.41, 5.74) is -1.59. The molecule has 2 bridgehead atoms. The molecule has 38 heavy (non-hydrogen) atoms. The number of fused-ring (bicyclic) bond motifs is 4. The summed E-state index contributed by atoms with van der Waals surface area (Å²) >= 11 is 0. The predicted octanol–water partition coefficient (Wildman–Crippen LogP) is 4.03. The first-order valence-corrected chi connectivity index (χ1v) is 11.8. The first-order chi connectivity index (χ1) is 18.2. The van der Waals surface area contributed by atoms with Crippen molar-refractivity contribution in [3.05, 3.63) is 111 Å². The second kappa shape index (κ2) is 10.2. The van der Waals surface area contributed by atoms with Crippen molar-refractivity contribution in [2.45, 2.75) is 25.6 Å². The van der Waals surface area contributed by atoms with Gasteiger partial charge in [0.25, 0.3) is 11.8 Å². The number of nitrogens with one attached hydrogen (secondary N) is 1. The van der Waals surface area contributed by atoms with E-state index in [-0.39, 0.29) is 31.8 Å². The molecule has 0 spiro atoms. The molecule has 0 radical (unpaired) electrons. The minimum atomic E-state index is -1.21. The van der Waals surface area contributed by atoms with Gasteiger partial charge in [0.1, 0.15) is 41.5 Å². The van der Waals surface area contributed by atoms with Crippen LogP contribution < -0.4 is 15.5 Å². The molecule has 0 fully saturated rings. The molecule has 3 heterocycles. The Labute approximate surface area is 213 Å². The van der Waals surface area contributed by atoms with Crippen LogP contribution in [-0.2, 0) is 13.2 Å². The van der Waals surface area contributed by atoms with Crippen LogP contribution >= 0.6 is 0 Å². The smallest absolute Gasteiger partial charge is 0.274 e.